The van der Waals surface area contributed by atoms with Crippen molar-refractivity contribution in [1.82, 2.24) is 15.1 Å². The Morgan fingerprint density at radius 3 is 1.38 bits per heavy atom. The van der Waals surface area contributed by atoms with Gasteiger partial charge >= 0.3 is 0 Å². The largest absolute Gasteiger partial charge is 0.271 e. The van der Waals surface area contributed by atoms with E-state index in [1.807, 2.05) is 0 Å². The lowest BCUT2D eigenvalue weighted by Crippen LogP contribution is -2.68. The van der Waals surface area contributed by atoms with Gasteiger partial charge in [-0.05, 0) is 49.0 Å². The third-order valence-electron chi connectivity index (χ3n) is 2.40. The number of nitrogens with one attached hydrogen (secondary N) is 1. The summed E-state index contributed by atoms with van der Waals surface area (Å²) >= 11 is 0. The van der Waals surface area contributed by atoms with E-state index < -0.39 is 10.2 Å². The molecule has 9 heteroatoms. The van der Waals surface area contributed by atoms with Crippen molar-refractivity contribution >= 4 is 5.84 Å². The van der Waals surface area contributed by atoms with E-state index in [4.69, 9.17) is 18.6 Å². The Morgan fingerprint density at radius 2 is 1.24 bits per heavy atom. The minimum Gasteiger partial charge on any atom is -0.271 e. The van der Waals surface area contributed by atoms with E-state index in [1.54, 1.807) is 0 Å². The molecule has 0 rings (SSSR count). The third kappa shape index (κ3) is 12.9. The highest BCUT2D eigenvalue weighted by atomic mass is 35.7. The molecule has 0 bridgehead atoms. The first kappa shape index (κ1) is 22.8. The Labute approximate surface area is 130 Å². The highest BCUT2D eigenvalue weighted by molar-refractivity contribution is 5.82. The predicted molar refractivity (Wildman–Crippen MR) is 70.9 cm³/mol. The highest BCUT2D eigenvalue weighted by Crippen LogP contribution is 2.14. The number of nitrogens with zero attached hydrogens (tertiary/aromatic N) is 3. The molecule has 0 aromatic rings. The summed E-state index contributed by atoms with van der Waals surface area (Å²) < 4.78 is 36.1. The molecule has 0 saturated heterocycles. The quantitative estimate of drug-likeness (QED) is 0.243. The molecule has 21 heavy (non-hydrogen) atoms. The van der Waals surface area contributed by atoms with Gasteiger partial charge in [0, 0.05) is 0 Å². The number of rotatable bonds is 3. The molecule has 0 atom stereocenters. The lowest BCUT2D eigenvalue weighted by atomic mass is 9.94. The molecule has 0 aliphatic carbocycles. The van der Waals surface area contributed by atoms with E-state index in [0.717, 1.165) is 0 Å². The SMILES string of the molecule is CN(C)C(NC(=[N+](C)C)C(C)(C)C)N(C)C.[O-][Cl+3]([O-])([O-])[O-]. The summed E-state index contributed by atoms with van der Waals surface area (Å²) in [7, 11) is 7.52. The zero-order chi connectivity index (χ0) is 17.6. The Bertz CT molecular complexity index is 317. The van der Waals surface area contributed by atoms with Gasteiger partial charge in [-0.15, -0.1) is 10.2 Å². The minimum atomic E-state index is -4.94. The molecule has 8 nitrogen and oxygen atoms in total. The molecule has 0 fully saturated rings. The summed E-state index contributed by atoms with van der Waals surface area (Å²) in [5, 5.41) is 3.59. The van der Waals surface area contributed by atoms with Crippen molar-refractivity contribution in [2.24, 2.45) is 5.41 Å². The lowest BCUT2D eigenvalue weighted by Gasteiger charge is -2.31. The van der Waals surface area contributed by atoms with Crippen molar-refractivity contribution in [3.05, 3.63) is 0 Å². The minimum absolute atomic E-state index is 0.119. The van der Waals surface area contributed by atoms with Crippen LogP contribution in [0.5, 0.6) is 0 Å². The van der Waals surface area contributed by atoms with Crippen LogP contribution < -0.4 is 24.0 Å². The van der Waals surface area contributed by atoms with E-state index in [1.165, 1.54) is 5.84 Å². The summed E-state index contributed by atoms with van der Waals surface area (Å²) in [5.41, 5.74) is 0.119. The van der Waals surface area contributed by atoms with Crippen LogP contribution in [0, 0.1) is 15.7 Å². The van der Waals surface area contributed by atoms with Crippen LogP contribution in [-0.2, 0) is 0 Å². The van der Waals surface area contributed by atoms with Gasteiger partial charge in [0.25, 0.3) is 5.84 Å². The van der Waals surface area contributed by atoms with Gasteiger partial charge in [0.2, 0.25) is 6.29 Å². The van der Waals surface area contributed by atoms with Gasteiger partial charge in [0.15, 0.2) is 0 Å². The molecule has 1 N–H and O–H groups in total. The molecule has 0 unspecified atom stereocenters. The van der Waals surface area contributed by atoms with Crippen molar-refractivity contribution in [2.75, 3.05) is 42.3 Å². The Morgan fingerprint density at radius 1 is 0.952 bits per heavy atom. The zero-order valence-corrected chi connectivity index (χ0v) is 15.2. The monoisotopic (exact) mass is 328 g/mol. The van der Waals surface area contributed by atoms with Crippen molar-refractivity contribution in [3.63, 3.8) is 0 Å². The highest BCUT2D eigenvalue weighted by Gasteiger charge is 2.30. The first-order valence-corrected chi connectivity index (χ1v) is 7.56. The zero-order valence-electron chi connectivity index (χ0n) is 14.4. The number of halogens is 1. The van der Waals surface area contributed by atoms with Crippen LogP contribution in [0.25, 0.3) is 0 Å². The molecule has 0 amide bonds. The average molecular weight is 329 g/mol. The summed E-state index contributed by atoms with van der Waals surface area (Å²) in [6.45, 7) is 6.66. The maximum atomic E-state index is 8.49. The number of hydrogen-bond donors (Lipinski definition) is 1. The van der Waals surface area contributed by atoms with Gasteiger partial charge in [-0.3, -0.25) is 14.4 Å². The second-order valence-electron chi connectivity index (χ2n) is 6.32. The summed E-state index contributed by atoms with van der Waals surface area (Å²) in [4.78, 5) is 4.32. The standard InChI is InChI=1S/C12H28N4.ClHO4/c1-12(2,3)10(14(4)5)13-11(15(6)7)16(8)9;2-1(3,4)5/h11H,1-9H3;(H,2,3,4,5). The Hall–Kier alpha value is -0.480. The van der Waals surface area contributed by atoms with Gasteiger partial charge in [0.05, 0.1) is 19.5 Å². The maximum Gasteiger partial charge on any atom is 0.252 e. The molecule has 0 aliphatic heterocycles. The Balaban J connectivity index is 0. The van der Waals surface area contributed by atoms with Gasteiger partial charge in [-0.1, -0.05) is 0 Å². The smallest absolute Gasteiger partial charge is 0.252 e. The summed E-state index contributed by atoms with van der Waals surface area (Å²) in [5.74, 6) is 1.24. The molecule has 0 heterocycles. The molecular weight excluding hydrogens is 300 g/mol. The molecule has 0 spiro atoms. The van der Waals surface area contributed by atoms with E-state index in [2.05, 4.69) is 82.7 Å². The van der Waals surface area contributed by atoms with Crippen LogP contribution in [0.2, 0.25) is 0 Å². The average Bonchev–Trinajstić information content (AvgIpc) is 2.10. The van der Waals surface area contributed by atoms with Gasteiger partial charge in [0.1, 0.15) is 0 Å². The fraction of sp³-hybridized carbons (Fsp3) is 0.917. The fourth-order valence-corrected chi connectivity index (χ4v) is 1.86. The van der Waals surface area contributed by atoms with Crippen molar-refractivity contribution in [1.29, 1.82) is 0 Å². The van der Waals surface area contributed by atoms with Crippen LogP contribution in [0.1, 0.15) is 20.8 Å². The number of hydrogen-bond acceptors (Lipinski definition) is 6. The molecule has 0 saturated carbocycles. The van der Waals surface area contributed by atoms with Crippen LogP contribution in [0.3, 0.4) is 0 Å². The normalized spacial score (nSPS) is 12.4. The van der Waals surface area contributed by atoms with Crippen LogP contribution >= 0.6 is 0 Å². The molecule has 0 aromatic carbocycles. The first-order chi connectivity index (χ1) is 9.07. The van der Waals surface area contributed by atoms with Gasteiger partial charge < -0.3 is 0 Å². The van der Waals surface area contributed by atoms with E-state index in [0.29, 0.717) is 0 Å². The Kier molecular flexibility index (Phi) is 9.60. The summed E-state index contributed by atoms with van der Waals surface area (Å²) in [6.07, 6.45) is 0.205. The molecule has 128 valence electrons. The molecule has 0 aliphatic rings. The lowest BCUT2D eigenvalue weighted by molar-refractivity contribution is -2.00. The second-order valence-corrected chi connectivity index (χ2v) is 7.07. The molecule has 0 radical (unpaired) electrons. The summed E-state index contributed by atoms with van der Waals surface area (Å²) in [6, 6.07) is 0. The molecular formula is C12H29ClN4O4. The van der Waals surface area contributed by atoms with Gasteiger partial charge in [-0.2, -0.15) is 0 Å². The van der Waals surface area contributed by atoms with E-state index in [9.17, 15) is 0 Å². The second kappa shape index (κ2) is 8.84. The third-order valence-corrected chi connectivity index (χ3v) is 2.40. The fourth-order valence-electron chi connectivity index (χ4n) is 1.86. The maximum absolute atomic E-state index is 8.49. The van der Waals surface area contributed by atoms with E-state index in [-0.39, 0.29) is 11.7 Å². The van der Waals surface area contributed by atoms with Crippen molar-refractivity contribution in [3.8, 4) is 0 Å². The number of amidine groups is 1. The van der Waals surface area contributed by atoms with Crippen LogP contribution in [0.4, 0.5) is 0 Å². The molecule has 0 aromatic heterocycles. The van der Waals surface area contributed by atoms with Crippen LogP contribution in [0.15, 0.2) is 0 Å². The van der Waals surface area contributed by atoms with Crippen molar-refractivity contribution in [2.45, 2.75) is 27.1 Å². The van der Waals surface area contributed by atoms with Crippen molar-refractivity contribution < 1.29 is 33.5 Å². The van der Waals surface area contributed by atoms with Crippen LogP contribution in [-0.4, -0.2) is 68.8 Å². The first-order valence-electron chi connectivity index (χ1n) is 6.33. The van der Waals surface area contributed by atoms with Gasteiger partial charge in [-0.25, -0.2) is 24.0 Å². The topological polar surface area (TPSA) is 114 Å². The predicted octanol–water partition coefficient (Wildman–Crippen LogP) is -4.06. The van der Waals surface area contributed by atoms with E-state index >= 15 is 0 Å².